The van der Waals surface area contributed by atoms with E-state index in [2.05, 4.69) is 0 Å². The first-order chi connectivity index (χ1) is 8.57. The van der Waals surface area contributed by atoms with Gasteiger partial charge in [-0.05, 0) is 26.0 Å². The molecule has 0 aliphatic heterocycles. The van der Waals surface area contributed by atoms with E-state index in [4.69, 9.17) is 22.5 Å². The van der Waals surface area contributed by atoms with Gasteiger partial charge in [-0.3, -0.25) is 4.90 Å². The summed E-state index contributed by atoms with van der Waals surface area (Å²) in [6.07, 6.45) is 0. The number of amides is 2. The number of carbonyl (C=O) groups is 1. The highest BCUT2D eigenvalue weighted by atomic mass is 35.5. The maximum atomic E-state index is 11.4. The fourth-order valence-electron chi connectivity index (χ4n) is 1.65. The number of carbonyl (C=O) groups excluding carboxylic acids is 1. The van der Waals surface area contributed by atoms with Crippen molar-refractivity contribution in [2.45, 2.75) is 24.8 Å². The molecule has 0 atom stereocenters. The number of hydrogen-bond acceptors (Lipinski definition) is 4. The number of aromatic hydroxyl groups is 1. The Morgan fingerprint density at radius 1 is 1.42 bits per heavy atom. The minimum atomic E-state index is -4.23. The van der Waals surface area contributed by atoms with Gasteiger partial charge in [0.25, 0.3) is 0 Å². The molecule has 7 nitrogen and oxygen atoms in total. The molecule has 0 spiro atoms. The fraction of sp³-hybridized carbons (Fsp3) is 0.300. The second kappa shape index (κ2) is 5.24. The molecule has 9 heteroatoms. The minimum absolute atomic E-state index is 0.0732. The van der Waals surface area contributed by atoms with Crippen LogP contribution in [0.3, 0.4) is 0 Å². The lowest BCUT2D eigenvalue weighted by Gasteiger charge is -2.26. The van der Waals surface area contributed by atoms with Crippen molar-refractivity contribution in [3.63, 3.8) is 0 Å². The molecule has 0 radical (unpaired) electrons. The Bertz CT molecular complexity index is 615. The summed E-state index contributed by atoms with van der Waals surface area (Å²) in [5.74, 6) is -0.706. The summed E-state index contributed by atoms with van der Waals surface area (Å²) in [4.78, 5) is 11.8. The van der Waals surface area contributed by atoms with Gasteiger partial charge in [0.15, 0.2) is 5.75 Å². The van der Waals surface area contributed by atoms with Crippen molar-refractivity contribution in [3.05, 3.63) is 17.2 Å². The highest BCUT2D eigenvalue weighted by molar-refractivity contribution is 7.89. The summed E-state index contributed by atoms with van der Waals surface area (Å²) in [5.41, 5.74) is 5.12. The molecule has 1 rings (SSSR count). The molecule has 0 heterocycles. The third-order valence-electron chi connectivity index (χ3n) is 2.36. The van der Waals surface area contributed by atoms with Crippen LogP contribution in [0.2, 0.25) is 5.02 Å². The van der Waals surface area contributed by atoms with Gasteiger partial charge in [-0.15, -0.1) is 0 Å². The lowest BCUT2D eigenvalue weighted by atomic mass is 10.2. The molecule has 0 aliphatic rings. The summed E-state index contributed by atoms with van der Waals surface area (Å²) in [5, 5.41) is 14.7. The number of phenols is 1. The molecular weight excluding hydrogens is 294 g/mol. The SMILES string of the molecule is CC(C)N(C(N)=O)c1ccc(Cl)c(S(N)(=O)=O)c1O. The minimum Gasteiger partial charge on any atom is -0.504 e. The molecule has 0 aromatic heterocycles. The van der Waals surface area contributed by atoms with E-state index in [9.17, 15) is 18.3 Å². The number of nitrogens with two attached hydrogens (primary N) is 2. The number of halogens is 1. The van der Waals surface area contributed by atoms with Crippen LogP contribution in [0.1, 0.15) is 13.8 Å². The number of nitrogens with zero attached hydrogens (tertiary/aromatic N) is 1. The average molecular weight is 308 g/mol. The quantitative estimate of drug-likeness (QED) is 0.769. The number of anilines is 1. The van der Waals surface area contributed by atoms with E-state index in [1.54, 1.807) is 13.8 Å². The van der Waals surface area contributed by atoms with Crippen LogP contribution in [-0.4, -0.2) is 25.6 Å². The number of hydrogen-bond donors (Lipinski definition) is 3. The van der Waals surface area contributed by atoms with Crippen molar-refractivity contribution in [1.29, 1.82) is 0 Å². The normalized spacial score (nSPS) is 11.6. The largest absolute Gasteiger partial charge is 0.504 e. The predicted molar refractivity (Wildman–Crippen MR) is 71.7 cm³/mol. The molecular formula is C10H14ClN3O4S. The van der Waals surface area contributed by atoms with Gasteiger partial charge in [0.2, 0.25) is 10.0 Å². The van der Waals surface area contributed by atoms with E-state index in [1.165, 1.54) is 12.1 Å². The van der Waals surface area contributed by atoms with Crippen LogP contribution < -0.4 is 15.8 Å². The van der Waals surface area contributed by atoms with E-state index >= 15 is 0 Å². The first kappa shape index (κ1) is 15.5. The predicted octanol–water partition coefficient (Wildman–Crippen LogP) is 0.987. The van der Waals surface area contributed by atoms with Crippen LogP contribution >= 0.6 is 11.6 Å². The van der Waals surface area contributed by atoms with Crippen molar-refractivity contribution in [2.75, 3.05) is 4.90 Å². The molecule has 2 amide bonds. The van der Waals surface area contributed by atoms with Gasteiger partial charge in [-0.25, -0.2) is 18.4 Å². The number of phenolic OH excluding ortho intramolecular Hbond substituents is 1. The summed E-state index contributed by atoms with van der Waals surface area (Å²) >= 11 is 5.70. The van der Waals surface area contributed by atoms with Gasteiger partial charge in [0.1, 0.15) is 4.90 Å². The van der Waals surface area contributed by atoms with E-state index < -0.39 is 32.7 Å². The smallest absolute Gasteiger partial charge is 0.319 e. The zero-order chi connectivity index (χ0) is 15.0. The average Bonchev–Trinajstić information content (AvgIpc) is 2.18. The van der Waals surface area contributed by atoms with Gasteiger partial charge in [-0.1, -0.05) is 11.6 Å². The van der Waals surface area contributed by atoms with Crippen LogP contribution in [0.25, 0.3) is 0 Å². The standard InChI is InChI=1S/C10H14ClN3O4S/c1-5(2)14(10(12)16)7-4-3-6(11)9(8(7)15)19(13,17)18/h3-5,15H,1-2H3,(H2,12,16)(H2,13,17,18). The number of benzene rings is 1. The third kappa shape index (κ3) is 3.09. The number of primary amides is 1. The Morgan fingerprint density at radius 3 is 2.32 bits per heavy atom. The van der Waals surface area contributed by atoms with Gasteiger partial charge < -0.3 is 10.8 Å². The van der Waals surface area contributed by atoms with E-state index in [0.29, 0.717) is 0 Å². The highest BCUT2D eigenvalue weighted by Crippen LogP contribution is 2.38. The van der Waals surface area contributed by atoms with Crippen LogP contribution in [0.15, 0.2) is 17.0 Å². The molecule has 0 saturated carbocycles. The second-order valence-corrected chi connectivity index (χ2v) is 6.00. The zero-order valence-corrected chi connectivity index (χ0v) is 11.9. The Labute approximate surface area is 115 Å². The molecule has 0 unspecified atom stereocenters. The molecule has 106 valence electrons. The Balaban J connectivity index is 3.61. The molecule has 5 N–H and O–H groups in total. The fourth-order valence-corrected chi connectivity index (χ4v) is 2.84. The van der Waals surface area contributed by atoms with Gasteiger partial charge in [0.05, 0.1) is 10.7 Å². The third-order valence-corrected chi connectivity index (χ3v) is 3.77. The van der Waals surface area contributed by atoms with Gasteiger partial charge in [0, 0.05) is 6.04 Å². The lowest BCUT2D eigenvalue weighted by Crippen LogP contribution is -2.41. The maximum absolute atomic E-state index is 11.4. The molecule has 19 heavy (non-hydrogen) atoms. The summed E-state index contributed by atoms with van der Waals surface area (Å²) in [6.45, 7) is 3.30. The van der Waals surface area contributed by atoms with Crippen LogP contribution in [-0.2, 0) is 10.0 Å². The summed E-state index contributed by atoms with van der Waals surface area (Å²) in [6, 6.07) is 1.28. The first-order valence-electron chi connectivity index (χ1n) is 5.20. The van der Waals surface area contributed by atoms with Crippen molar-refractivity contribution in [1.82, 2.24) is 0 Å². The second-order valence-electron chi connectivity index (χ2n) is 4.09. The molecule has 0 fully saturated rings. The summed E-state index contributed by atoms with van der Waals surface area (Å²) < 4.78 is 22.8. The van der Waals surface area contributed by atoms with Crippen molar-refractivity contribution < 1.29 is 18.3 Å². The topological polar surface area (TPSA) is 127 Å². The molecule has 0 bridgehead atoms. The van der Waals surface area contributed by atoms with Crippen molar-refractivity contribution in [3.8, 4) is 5.75 Å². The van der Waals surface area contributed by atoms with Crippen molar-refractivity contribution in [2.24, 2.45) is 10.9 Å². The molecule has 1 aromatic carbocycles. The molecule has 0 saturated heterocycles. The maximum Gasteiger partial charge on any atom is 0.319 e. The lowest BCUT2D eigenvalue weighted by molar-refractivity contribution is 0.252. The summed E-state index contributed by atoms with van der Waals surface area (Å²) in [7, 11) is -4.23. The van der Waals surface area contributed by atoms with E-state index in [-0.39, 0.29) is 10.7 Å². The molecule has 1 aromatic rings. The van der Waals surface area contributed by atoms with E-state index in [0.717, 1.165) is 4.90 Å². The van der Waals surface area contributed by atoms with Crippen molar-refractivity contribution >= 4 is 33.3 Å². The van der Waals surface area contributed by atoms with Gasteiger partial charge in [-0.2, -0.15) is 0 Å². The van der Waals surface area contributed by atoms with Crippen LogP contribution in [0, 0.1) is 0 Å². The number of primary sulfonamides is 1. The Hall–Kier alpha value is -1.51. The highest BCUT2D eigenvalue weighted by Gasteiger charge is 2.26. The number of rotatable bonds is 3. The monoisotopic (exact) mass is 307 g/mol. The molecule has 0 aliphatic carbocycles. The van der Waals surface area contributed by atoms with Gasteiger partial charge >= 0.3 is 6.03 Å². The van der Waals surface area contributed by atoms with Crippen LogP contribution in [0.4, 0.5) is 10.5 Å². The van der Waals surface area contributed by atoms with Crippen LogP contribution in [0.5, 0.6) is 5.75 Å². The number of sulfonamides is 1. The number of urea groups is 1. The zero-order valence-electron chi connectivity index (χ0n) is 10.3. The Kier molecular flexibility index (Phi) is 4.28. The first-order valence-corrected chi connectivity index (χ1v) is 7.12. The van der Waals surface area contributed by atoms with E-state index in [1.807, 2.05) is 0 Å². The Morgan fingerprint density at radius 2 is 1.95 bits per heavy atom.